The normalized spacial score (nSPS) is 13.9. The number of carbonyl (C=O) groups is 1. The lowest BCUT2D eigenvalue weighted by Crippen LogP contribution is -2.44. The third kappa shape index (κ3) is 5.28. The fraction of sp³-hybridized carbons (Fsp3) is 0.500. The van der Waals surface area contributed by atoms with Gasteiger partial charge in [-0.2, -0.15) is 0 Å². The summed E-state index contributed by atoms with van der Waals surface area (Å²) >= 11 is 0. The van der Waals surface area contributed by atoms with Crippen molar-refractivity contribution >= 4 is 6.03 Å². The summed E-state index contributed by atoms with van der Waals surface area (Å²) in [5.74, 6) is 0. The molecule has 1 aromatic carbocycles. The maximum Gasteiger partial charge on any atom is 0.315 e. The van der Waals surface area contributed by atoms with E-state index < -0.39 is 0 Å². The Hall–Kier alpha value is -1.59. The molecule has 5 nitrogen and oxygen atoms in total. The van der Waals surface area contributed by atoms with Gasteiger partial charge in [-0.3, -0.25) is 0 Å². The number of hydrogen-bond donors (Lipinski definition) is 3. The average molecular weight is 265 g/mol. The first-order valence-corrected chi connectivity index (χ1v) is 6.41. The number of nitrogens with zero attached hydrogens (tertiary/aromatic N) is 1. The van der Waals surface area contributed by atoms with Crippen molar-refractivity contribution in [3.05, 3.63) is 35.9 Å². The van der Waals surface area contributed by atoms with Gasteiger partial charge in [0.15, 0.2) is 0 Å². The molecule has 2 amide bonds. The van der Waals surface area contributed by atoms with Crippen LogP contribution in [0.1, 0.15) is 18.5 Å². The average Bonchev–Trinajstić information content (AvgIpc) is 2.39. The van der Waals surface area contributed by atoms with Gasteiger partial charge in [0.1, 0.15) is 0 Å². The minimum Gasteiger partial charge on any atom is -0.394 e. The number of carbonyl (C=O) groups excluding carboxylic acids is 1. The zero-order valence-corrected chi connectivity index (χ0v) is 11.8. The third-order valence-electron chi connectivity index (χ3n) is 2.92. The second-order valence-electron chi connectivity index (χ2n) is 4.83. The molecular formula is C14H23N3O2. The smallest absolute Gasteiger partial charge is 0.315 e. The maximum atomic E-state index is 11.6. The van der Waals surface area contributed by atoms with Crippen LogP contribution in [0.15, 0.2) is 30.3 Å². The molecule has 2 atom stereocenters. The van der Waals surface area contributed by atoms with E-state index in [1.165, 1.54) is 0 Å². The van der Waals surface area contributed by atoms with Crippen LogP contribution in [0.2, 0.25) is 0 Å². The van der Waals surface area contributed by atoms with Gasteiger partial charge >= 0.3 is 6.03 Å². The number of rotatable bonds is 6. The van der Waals surface area contributed by atoms with Gasteiger partial charge in [0.25, 0.3) is 0 Å². The Bertz CT molecular complexity index is 382. The van der Waals surface area contributed by atoms with E-state index in [2.05, 4.69) is 15.5 Å². The van der Waals surface area contributed by atoms with Gasteiger partial charge in [-0.15, -0.1) is 0 Å². The number of benzene rings is 1. The maximum absolute atomic E-state index is 11.6. The number of hydrogen-bond acceptors (Lipinski definition) is 3. The topological polar surface area (TPSA) is 64.6 Å². The van der Waals surface area contributed by atoms with Crippen LogP contribution in [0.4, 0.5) is 4.79 Å². The number of amides is 2. The Morgan fingerprint density at radius 3 is 2.47 bits per heavy atom. The predicted octanol–water partition coefficient (Wildman–Crippen LogP) is 0.969. The summed E-state index contributed by atoms with van der Waals surface area (Å²) in [4.78, 5) is 13.7. The Balaban J connectivity index is 2.54. The Labute approximate surface area is 114 Å². The minimum atomic E-state index is -0.260. The second-order valence-corrected chi connectivity index (χ2v) is 4.83. The Kier molecular flexibility index (Phi) is 6.32. The van der Waals surface area contributed by atoms with Crippen molar-refractivity contribution in [2.24, 2.45) is 0 Å². The molecule has 1 aromatic rings. The summed E-state index contributed by atoms with van der Waals surface area (Å²) in [5, 5.41) is 14.4. The van der Waals surface area contributed by atoms with Crippen molar-refractivity contribution in [1.29, 1.82) is 0 Å². The largest absolute Gasteiger partial charge is 0.394 e. The lowest BCUT2D eigenvalue weighted by Gasteiger charge is -2.25. The fourth-order valence-corrected chi connectivity index (χ4v) is 1.78. The van der Waals surface area contributed by atoms with Crippen LogP contribution in [0.5, 0.6) is 0 Å². The molecule has 0 saturated heterocycles. The monoisotopic (exact) mass is 265 g/mol. The van der Waals surface area contributed by atoms with Crippen LogP contribution in [0, 0.1) is 0 Å². The highest BCUT2D eigenvalue weighted by Gasteiger charge is 2.15. The number of urea groups is 1. The molecule has 1 unspecified atom stereocenters. The summed E-state index contributed by atoms with van der Waals surface area (Å²) in [5.41, 5.74) is 1.16. The van der Waals surface area contributed by atoms with E-state index in [9.17, 15) is 4.79 Å². The van der Waals surface area contributed by atoms with Gasteiger partial charge < -0.3 is 20.6 Å². The molecule has 106 valence electrons. The van der Waals surface area contributed by atoms with Gasteiger partial charge in [-0.25, -0.2) is 4.79 Å². The van der Waals surface area contributed by atoms with E-state index in [1.54, 1.807) is 6.92 Å². The third-order valence-corrected chi connectivity index (χ3v) is 2.92. The fourth-order valence-electron chi connectivity index (χ4n) is 1.78. The summed E-state index contributed by atoms with van der Waals surface area (Å²) in [6.45, 7) is 2.20. The molecule has 19 heavy (non-hydrogen) atoms. The number of likely N-dealkylation sites (N-methyl/N-ethyl adjacent to an activating group) is 1. The number of aliphatic hydroxyl groups excluding tert-OH is 1. The van der Waals surface area contributed by atoms with Crippen molar-refractivity contribution in [3.63, 3.8) is 0 Å². The molecule has 0 bridgehead atoms. The van der Waals surface area contributed by atoms with Crippen molar-refractivity contribution < 1.29 is 9.90 Å². The molecule has 0 fully saturated rings. The molecule has 0 spiro atoms. The molecule has 0 aliphatic carbocycles. The van der Waals surface area contributed by atoms with Gasteiger partial charge in [-0.1, -0.05) is 30.3 Å². The predicted molar refractivity (Wildman–Crippen MR) is 76.0 cm³/mol. The van der Waals surface area contributed by atoms with Crippen LogP contribution in [-0.2, 0) is 0 Å². The van der Waals surface area contributed by atoms with Gasteiger partial charge in [0.05, 0.1) is 18.7 Å². The molecule has 0 aromatic heterocycles. The highest BCUT2D eigenvalue weighted by Crippen LogP contribution is 2.16. The molecule has 1 rings (SSSR count). The summed E-state index contributed by atoms with van der Waals surface area (Å²) in [7, 11) is 3.96. The van der Waals surface area contributed by atoms with Crippen LogP contribution in [0.25, 0.3) is 0 Å². The van der Waals surface area contributed by atoms with Gasteiger partial charge in [0.2, 0.25) is 0 Å². The van der Waals surface area contributed by atoms with Crippen LogP contribution in [0.3, 0.4) is 0 Å². The van der Waals surface area contributed by atoms with Crippen molar-refractivity contribution in [1.82, 2.24) is 15.5 Å². The summed E-state index contributed by atoms with van der Waals surface area (Å²) < 4.78 is 0. The molecule has 5 heteroatoms. The molecule has 0 heterocycles. The first-order chi connectivity index (χ1) is 9.04. The molecule has 0 saturated carbocycles. The Morgan fingerprint density at radius 1 is 1.32 bits per heavy atom. The summed E-state index contributed by atoms with van der Waals surface area (Å²) in [6.07, 6.45) is 0. The summed E-state index contributed by atoms with van der Waals surface area (Å²) in [6, 6.07) is 9.65. The zero-order chi connectivity index (χ0) is 14.3. The minimum absolute atomic E-state index is 0.0663. The second kappa shape index (κ2) is 7.76. The number of aliphatic hydroxyl groups is 1. The van der Waals surface area contributed by atoms with E-state index in [0.29, 0.717) is 6.54 Å². The van der Waals surface area contributed by atoms with E-state index in [-0.39, 0.29) is 24.7 Å². The quantitative estimate of drug-likeness (QED) is 0.718. The highest BCUT2D eigenvalue weighted by atomic mass is 16.3. The standard InChI is InChI=1S/C14H23N3O2/c1-11(10-18)16-14(19)15-9-13(17(2)3)12-7-5-4-6-8-12/h4-8,11,13,18H,9-10H2,1-3H3,(H2,15,16,19)/t11-,13?/m0/s1. The molecule has 0 radical (unpaired) electrons. The van der Waals surface area contributed by atoms with Gasteiger partial charge in [-0.05, 0) is 26.6 Å². The van der Waals surface area contributed by atoms with Crippen molar-refractivity contribution in [3.8, 4) is 0 Å². The van der Waals surface area contributed by atoms with Crippen molar-refractivity contribution in [2.45, 2.75) is 19.0 Å². The SMILES string of the molecule is C[C@@H](CO)NC(=O)NCC(c1ccccc1)N(C)C. The first-order valence-electron chi connectivity index (χ1n) is 6.41. The van der Waals surface area contributed by atoms with E-state index in [4.69, 9.17) is 5.11 Å². The zero-order valence-electron chi connectivity index (χ0n) is 11.8. The number of nitrogens with one attached hydrogen (secondary N) is 2. The molecule has 0 aliphatic rings. The van der Waals surface area contributed by atoms with E-state index in [1.807, 2.05) is 44.4 Å². The van der Waals surface area contributed by atoms with Crippen LogP contribution < -0.4 is 10.6 Å². The molecular weight excluding hydrogens is 242 g/mol. The first kappa shape index (κ1) is 15.5. The molecule has 0 aliphatic heterocycles. The lowest BCUT2D eigenvalue weighted by molar-refractivity contribution is 0.215. The Morgan fingerprint density at radius 2 is 1.95 bits per heavy atom. The van der Waals surface area contributed by atoms with Gasteiger partial charge in [0, 0.05) is 6.54 Å². The highest BCUT2D eigenvalue weighted by molar-refractivity contribution is 5.74. The van der Waals surface area contributed by atoms with E-state index >= 15 is 0 Å². The lowest BCUT2D eigenvalue weighted by atomic mass is 10.1. The van der Waals surface area contributed by atoms with Crippen LogP contribution >= 0.6 is 0 Å². The van der Waals surface area contributed by atoms with Crippen molar-refractivity contribution in [2.75, 3.05) is 27.2 Å². The van der Waals surface area contributed by atoms with Crippen LogP contribution in [-0.4, -0.2) is 49.3 Å². The molecule has 3 N–H and O–H groups in total. The van der Waals surface area contributed by atoms with E-state index in [0.717, 1.165) is 5.56 Å².